The summed E-state index contributed by atoms with van der Waals surface area (Å²) >= 11 is 0. The maximum Gasteiger partial charge on any atom is 0.254 e. The first-order valence-corrected chi connectivity index (χ1v) is 10.1. The lowest BCUT2D eigenvalue weighted by atomic mass is 10.1. The molecular formula is C20H29N7O4. The van der Waals surface area contributed by atoms with E-state index < -0.39 is 29.8 Å². The van der Waals surface area contributed by atoms with Crippen LogP contribution in [0.15, 0.2) is 35.3 Å². The molecule has 0 aliphatic carbocycles. The highest BCUT2D eigenvalue weighted by Crippen LogP contribution is 2.20. The van der Waals surface area contributed by atoms with Crippen LogP contribution in [0.25, 0.3) is 0 Å². The number of nitrogens with zero attached hydrogens (tertiary/aromatic N) is 2. The number of aliphatic imine (C=N–C) groups is 1. The van der Waals surface area contributed by atoms with E-state index in [1.165, 1.54) is 4.90 Å². The lowest BCUT2D eigenvalue weighted by molar-refractivity contribution is -0.131. The maximum absolute atomic E-state index is 12.9. The highest BCUT2D eigenvalue weighted by molar-refractivity contribution is 5.99. The zero-order chi connectivity index (χ0) is 22.8. The molecule has 0 spiro atoms. The number of nitrogens with two attached hydrogens (primary N) is 3. The van der Waals surface area contributed by atoms with Crippen molar-refractivity contribution < 1.29 is 19.2 Å². The number of rotatable bonds is 10. The van der Waals surface area contributed by atoms with Crippen LogP contribution in [0.5, 0.6) is 0 Å². The van der Waals surface area contributed by atoms with E-state index in [9.17, 15) is 19.2 Å². The summed E-state index contributed by atoms with van der Waals surface area (Å²) in [6, 6.07) is 7.11. The van der Waals surface area contributed by atoms with Gasteiger partial charge in [0.1, 0.15) is 12.1 Å². The molecule has 1 saturated heterocycles. The van der Waals surface area contributed by atoms with Crippen molar-refractivity contribution in [3.05, 3.63) is 35.9 Å². The number of carbonyl (C=O) groups excluding carboxylic acids is 4. The smallest absolute Gasteiger partial charge is 0.254 e. The third-order valence-electron chi connectivity index (χ3n) is 4.85. The molecule has 31 heavy (non-hydrogen) atoms. The van der Waals surface area contributed by atoms with Gasteiger partial charge in [-0.15, -0.1) is 0 Å². The van der Waals surface area contributed by atoms with Crippen molar-refractivity contribution in [1.29, 1.82) is 0 Å². The summed E-state index contributed by atoms with van der Waals surface area (Å²) in [4.78, 5) is 54.6. The molecule has 0 aromatic heterocycles. The third kappa shape index (κ3) is 7.28. The Balaban J connectivity index is 2.05. The van der Waals surface area contributed by atoms with Gasteiger partial charge in [-0.05, 0) is 37.8 Å². The first kappa shape index (κ1) is 23.6. The second-order valence-corrected chi connectivity index (χ2v) is 7.22. The van der Waals surface area contributed by atoms with Crippen molar-refractivity contribution in [3.8, 4) is 0 Å². The minimum Gasteiger partial charge on any atom is -0.370 e. The molecule has 11 heteroatoms. The fourth-order valence-corrected chi connectivity index (χ4v) is 3.37. The molecule has 8 N–H and O–H groups in total. The van der Waals surface area contributed by atoms with Crippen LogP contribution >= 0.6 is 0 Å². The summed E-state index contributed by atoms with van der Waals surface area (Å²) < 4.78 is 0. The van der Waals surface area contributed by atoms with Crippen molar-refractivity contribution >= 4 is 29.6 Å². The summed E-state index contributed by atoms with van der Waals surface area (Å²) in [7, 11) is 0. The van der Waals surface area contributed by atoms with Gasteiger partial charge in [0.05, 0.1) is 6.54 Å². The van der Waals surface area contributed by atoms with E-state index >= 15 is 0 Å². The molecule has 1 aromatic rings. The van der Waals surface area contributed by atoms with Gasteiger partial charge in [-0.3, -0.25) is 24.2 Å². The quantitative estimate of drug-likeness (QED) is 0.169. The fraction of sp³-hybridized carbons (Fsp3) is 0.450. The first-order valence-electron chi connectivity index (χ1n) is 10.1. The zero-order valence-electron chi connectivity index (χ0n) is 17.3. The van der Waals surface area contributed by atoms with Gasteiger partial charge in [-0.25, -0.2) is 0 Å². The minimum absolute atomic E-state index is 0.0696. The van der Waals surface area contributed by atoms with E-state index in [1.54, 1.807) is 24.3 Å². The van der Waals surface area contributed by atoms with Gasteiger partial charge in [0.25, 0.3) is 5.91 Å². The molecule has 1 aliphatic heterocycles. The van der Waals surface area contributed by atoms with Crippen LogP contribution in [0, 0.1) is 0 Å². The van der Waals surface area contributed by atoms with E-state index in [0.29, 0.717) is 31.4 Å². The highest BCUT2D eigenvalue weighted by Gasteiger charge is 2.36. The zero-order valence-corrected chi connectivity index (χ0v) is 17.3. The van der Waals surface area contributed by atoms with Crippen molar-refractivity contribution in [2.45, 2.75) is 37.8 Å². The Kier molecular flexibility index (Phi) is 8.79. The lowest BCUT2D eigenvalue weighted by Crippen LogP contribution is -2.53. The van der Waals surface area contributed by atoms with Crippen molar-refractivity contribution in [1.82, 2.24) is 15.5 Å². The van der Waals surface area contributed by atoms with Crippen LogP contribution in [0.4, 0.5) is 0 Å². The van der Waals surface area contributed by atoms with Crippen LogP contribution in [-0.4, -0.2) is 66.2 Å². The molecule has 2 rings (SSSR count). The Morgan fingerprint density at radius 1 is 1.13 bits per heavy atom. The topological polar surface area (TPSA) is 186 Å². The molecule has 4 amide bonds. The number of benzene rings is 1. The van der Waals surface area contributed by atoms with Crippen LogP contribution in [0.1, 0.15) is 36.0 Å². The Morgan fingerprint density at radius 3 is 2.48 bits per heavy atom. The number of hydrogen-bond donors (Lipinski definition) is 5. The summed E-state index contributed by atoms with van der Waals surface area (Å²) in [6.07, 6.45) is 1.84. The fourth-order valence-electron chi connectivity index (χ4n) is 3.37. The molecule has 2 atom stereocenters. The molecule has 1 fully saturated rings. The van der Waals surface area contributed by atoms with E-state index in [-0.39, 0.29) is 31.4 Å². The summed E-state index contributed by atoms with van der Waals surface area (Å²) in [6.45, 7) is 0.385. The molecule has 1 aromatic carbocycles. The Morgan fingerprint density at radius 2 is 1.84 bits per heavy atom. The van der Waals surface area contributed by atoms with E-state index in [2.05, 4.69) is 15.6 Å². The van der Waals surface area contributed by atoms with Crippen LogP contribution < -0.4 is 27.8 Å². The average Bonchev–Trinajstić information content (AvgIpc) is 3.24. The van der Waals surface area contributed by atoms with Gasteiger partial charge in [-0.2, -0.15) is 0 Å². The number of hydrogen-bond acceptors (Lipinski definition) is 5. The monoisotopic (exact) mass is 431 g/mol. The summed E-state index contributed by atoms with van der Waals surface area (Å²) in [5, 5.41) is 5.09. The largest absolute Gasteiger partial charge is 0.370 e. The third-order valence-corrected chi connectivity index (χ3v) is 4.85. The van der Waals surface area contributed by atoms with E-state index in [1.807, 2.05) is 6.07 Å². The molecule has 1 aliphatic rings. The highest BCUT2D eigenvalue weighted by atomic mass is 16.2. The van der Waals surface area contributed by atoms with Crippen LogP contribution in [0.2, 0.25) is 0 Å². The lowest BCUT2D eigenvalue weighted by Gasteiger charge is -2.26. The predicted molar refractivity (Wildman–Crippen MR) is 115 cm³/mol. The SMILES string of the molecule is NC(=O)CNC(=O)[C@H](CCCN=C(N)N)NC(=O)[C@@H]1CCCN1C(=O)c1ccccc1. The minimum atomic E-state index is -0.921. The predicted octanol–water partition coefficient (Wildman–Crippen LogP) is -1.57. The molecule has 0 unspecified atom stereocenters. The molecule has 0 saturated carbocycles. The molecule has 168 valence electrons. The van der Waals surface area contributed by atoms with Gasteiger partial charge in [-0.1, -0.05) is 18.2 Å². The van der Waals surface area contributed by atoms with Crippen molar-refractivity contribution in [2.75, 3.05) is 19.6 Å². The number of primary amides is 1. The summed E-state index contributed by atoms with van der Waals surface area (Å²) in [5.74, 6) is -1.98. The molecule has 11 nitrogen and oxygen atoms in total. The Hall–Kier alpha value is -3.63. The van der Waals surface area contributed by atoms with E-state index in [0.717, 1.165) is 0 Å². The molecular weight excluding hydrogens is 402 g/mol. The van der Waals surface area contributed by atoms with Crippen molar-refractivity contribution in [3.63, 3.8) is 0 Å². The van der Waals surface area contributed by atoms with Gasteiger partial charge in [0, 0.05) is 18.7 Å². The number of nitrogens with one attached hydrogen (secondary N) is 2. The van der Waals surface area contributed by atoms with Crippen molar-refractivity contribution in [2.24, 2.45) is 22.2 Å². The molecule has 0 radical (unpaired) electrons. The van der Waals surface area contributed by atoms with Gasteiger partial charge in [0.2, 0.25) is 17.7 Å². The van der Waals surface area contributed by atoms with Crippen LogP contribution in [0.3, 0.4) is 0 Å². The second-order valence-electron chi connectivity index (χ2n) is 7.22. The Labute approximate surface area is 180 Å². The number of likely N-dealkylation sites (tertiary alicyclic amines) is 1. The molecule has 1 heterocycles. The summed E-state index contributed by atoms with van der Waals surface area (Å²) in [5.41, 5.74) is 16.2. The second kappa shape index (κ2) is 11.5. The molecule has 0 bridgehead atoms. The number of amides is 4. The number of carbonyl (C=O) groups is 4. The first-order chi connectivity index (χ1) is 14.8. The van der Waals surface area contributed by atoms with Crippen LogP contribution in [-0.2, 0) is 14.4 Å². The maximum atomic E-state index is 12.9. The average molecular weight is 431 g/mol. The van der Waals surface area contributed by atoms with Gasteiger partial charge >= 0.3 is 0 Å². The van der Waals surface area contributed by atoms with Gasteiger partial charge in [0.15, 0.2) is 5.96 Å². The Bertz CT molecular complexity index is 824. The van der Waals surface area contributed by atoms with E-state index in [4.69, 9.17) is 17.2 Å². The van der Waals surface area contributed by atoms with Gasteiger partial charge < -0.3 is 32.7 Å². The normalized spacial score (nSPS) is 16.3. The standard InChI is InChI=1S/C20H29N7O4/c21-16(28)12-25-17(29)14(8-4-10-24-20(22)23)26-18(30)15-9-5-11-27(15)19(31)13-6-2-1-3-7-13/h1-3,6-7,14-15H,4-5,8-12H2,(H2,21,28)(H,25,29)(H,26,30)(H4,22,23,24)/t14-,15-/m0/s1. The number of guanidine groups is 1.